The van der Waals surface area contributed by atoms with E-state index in [2.05, 4.69) is 10.3 Å². The van der Waals surface area contributed by atoms with Crippen molar-refractivity contribution < 1.29 is 14.7 Å². The molecule has 2 N–H and O–H groups in total. The Kier molecular flexibility index (Phi) is 6.09. The molecule has 0 aliphatic heterocycles. The first-order chi connectivity index (χ1) is 9.79. The summed E-state index contributed by atoms with van der Waals surface area (Å²) in [6.45, 7) is 7.01. The standard InChI is InChI=1S/C16H22N2O3/c1-10(2)15(20)18-14(16(21)17-11(3)4)9-12-5-7-13(19)8-6-12/h5-8,10,14,19H,9H2,1-4H3,(H,18,20). The van der Waals surface area contributed by atoms with E-state index in [0.717, 1.165) is 5.56 Å². The van der Waals surface area contributed by atoms with E-state index in [1.165, 1.54) is 0 Å². The number of carbonyl (C=O) groups excluding carboxylic acids is 2. The Hall–Kier alpha value is -2.17. The summed E-state index contributed by atoms with van der Waals surface area (Å²) in [6, 6.07) is 5.85. The van der Waals surface area contributed by atoms with Crippen LogP contribution in [-0.4, -0.2) is 28.7 Å². The first-order valence-corrected chi connectivity index (χ1v) is 6.93. The third-order valence-corrected chi connectivity index (χ3v) is 2.85. The van der Waals surface area contributed by atoms with Crippen LogP contribution in [0.1, 0.15) is 33.3 Å². The molecule has 114 valence electrons. The minimum absolute atomic E-state index is 0.162. The van der Waals surface area contributed by atoms with Crippen LogP contribution in [-0.2, 0) is 16.0 Å². The summed E-state index contributed by atoms with van der Waals surface area (Å²) in [4.78, 5) is 27.9. The highest BCUT2D eigenvalue weighted by atomic mass is 16.3. The number of hydrogen-bond donors (Lipinski definition) is 2. The molecular formula is C16H22N2O3. The van der Waals surface area contributed by atoms with E-state index in [-0.39, 0.29) is 23.5 Å². The van der Waals surface area contributed by atoms with Crippen molar-refractivity contribution in [1.29, 1.82) is 0 Å². The van der Waals surface area contributed by atoms with Crippen LogP contribution >= 0.6 is 0 Å². The molecule has 1 rings (SSSR count). The molecular weight excluding hydrogens is 268 g/mol. The van der Waals surface area contributed by atoms with Crippen molar-refractivity contribution >= 4 is 17.5 Å². The van der Waals surface area contributed by atoms with Crippen LogP contribution in [0.3, 0.4) is 0 Å². The van der Waals surface area contributed by atoms with E-state index >= 15 is 0 Å². The van der Waals surface area contributed by atoms with Crippen molar-refractivity contribution in [2.24, 2.45) is 10.9 Å². The Bertz CT molecular complexity index is 529. The van der Waals surface area contributed by atoms with Gasteiger partial charge in [-0.05, 0) is 31.5 Å². The number of rotatable bonds is 5. The molecule has 1 unspecified atom stereocenters. The molecule has 0 radical (unpaired) electrons. The normalized spacial score (nSPS) is 11.9. The number of hydrogen-bond acceptors (Lipinski definition) is 3. The van der Waals surface area contributed by atoms with Gasteiger partial charge in [-0.25, -0.2) is 4.99 Å². The van der Waals surface area contributed by atoms with Crippen LogP contribution in [0.5, 0.6) is 5.75 Å². The van der Waals surface area contributed by atoms with Crippen LogP contribution in [0.25, 0.3) is 0 Å². The molecule has 0 spiro atoms. The smallest absolute Gasteiger partial charge is 0.268 e. The summed E-state index contributed by atoms with van der Waals surface area (Å²) in [6.07, 6.45) is 0.342. The second-order valence-electron chi connectivity index (χ2n) is 5.48. The van der Waals surface area contributed by atoms with Gasteiger partial charge >= 0.3 is 0 Å². The maximum absolute atomic E-state index is 12.1. The summed E-state index contributed by atoms with van der Waals surface area (Å²) in [5, 5.41) is 12.0. The van der Waals surface area contributed by atoms with E-state index in [0.29, 0.717) is 12.1 Å². The monoisotopic (exact) mass is 290 g/mol. The Balaban J connectivity index is 2.90. The van der Waals surface area contributed by atoms with Crippen molar-refractivity contribution in [3.05, 3.63) is 29.8 Å². The Labute approximate surface area is 125 Å². The molecule has 0 fully saturated rings. The highest BCUT2D eigenvalue weighted by Gasteiger charge is 2.22. The van der Waals surface area contributed by atoms with E-state index < -0.39 is 6.04 Å². The SMILES string of the molecule is CC(C)=NC(=O)C(Cc1ccc(O)cc1)NC(=O)C(C)C. The number of phenolic OH excluding ortho intramolecular Hbond substituents is 1. The maximum Gasteiger partial charge on any atom is 0.268 e. The predicted molar refractivity (Wildman–Crippen MR) is 82.4 cm³/mol. The molecule has 0 saturated heterocycles. The van der Waals surface area contributed by atoms with E-state index in [4.69, 9.17) is 0 Å². The second-order valence-corrected chi connectivity index (χ2v) is 5.48. The highest BCUT2D eigenvalue weighted by molar-refractivity contribution is 5.97. The van der Waals surface area contributed by atoms with E-state index in [1.807, 2.05) is 0 Å². The Morgan fingerprint density at radius 1 is 1.19 bits per heavy atom. The average Bonchev–Trinajstić information content (AvgIpc) is 2.39. The summed E-state index contributed by atoms with van der Waals surface area (Å²) in [5.41, 5.74) is 1.49. The zero-order valence-electron chi connectivity index (χ0n) is 12.9. The van der Waals surface area contributed by atoms with Crippen LogP contribution in [0, 0.1) is 5.92 Å². The summed E-state index contributed by atoms with van der Waals surface area (Å²) >= 11 is 0. The first-order valence-electron chi connectivity index (χ1n) is 6.93. The molecule has 1 atom stereocenters. The molecule has 5 heteroatoms. The number of aromatic hydroxyl groups is 1. The minimum Gasteiger partial charge on any atom is -0.508 e. The van der Waals surface area contributed by atoms with Crippen molar-refractivity contribution in [3.63, 3.8) is 0 Å². The largest absolute Gasteiger partial charge is 0.508 e. The quantitative estimate of drug-likeness (QED) is 0.815. The molecule has 0 heterocycles. The molecule has 0 saturated carbocycles. The lowest BCUT2D eigenvalue weighted by Crippen LogP contribution is -2.43. The molecule has 0 aromatic heterocycles. The number of aliphatic imine (C=N–C) groups is 1. The van der Waals surface area contributed by atoms with Gasteiger partial charge in [0, 0.05) is 18.1 Å². The van der Waals surface area contributed by atoms with Gasteiger partial charge < -0.3 is 10.4 Å². The molecule has 2 amide bonds. The van der Waals surface area contributed by atoms with Gasteiger partial charge in [0.05, 0.1) is 0 Å². The van der Waals surface area contributed by atoms with Crippen LogP contribution in [0.4, 0.5) is 0 Å². The number of benzene rings is 1. The van der Waals surface area contributed by atoms with Gasteiger partial charge in [0.25, 0.3) is 5.91 Å². The lowest BCUT2D eigenvalue weighted by atomic mass is 10.0. The summed E-state index contributed by atoms with van der Waals surface area (Å²) in [7, 11) is 0. The van der Waals surface area contributed by atoms with E-state index in [9.17, 15) is 14.7 Å². The van der Waals surface area contributed by atoms with Crippen LogP contribution < -0.4 is 5.32 Å². The summed E-state index contributed by atoms with van der Waals surface area (Å²) in [5.74, 6) is -0.588. The summed E-state index contributed by atoms with van der Waals surface area (Å²) < 4.78 is 0. The van der Waals surface area contributed by atoms with Gasteiger partial charge in [-0.15, -0.1) is 0 Å². The van der Waals surface area contributed by atoms with Crippen LogP contribution in [0.15, 0.2) is 29.3 Å². The zero-order chi connectivity index (χ0) is 16.0. The average molecular weight is 290 g/mol. The molecule has 0 aliphatic carbocycles. The number of phenols is 1. The molecule has 0 bridgehead atoms. The second kappa shape index (κ2) is 7.57. The topological polar surface area (TPSA) is 78.8 Å². The molecule has 1 aromatic rings. The fraction of sp³-hybridized carbons (Fsp3) is 0.438. The zero-order valence-corrected chi connectivity index (χ0v) is 12.9. The van der Waals surface area contributed by atoms with Gasteiger partial charge in [-0.1, -0.05) is 26.0 Å². The van der Waals surface area contributed by atoms with Crippen LogP contribution in [0.2, 0.25) is 0 Å². The third-order valence-electron chi connectivity index (χ3n) is 2.85. The fourth-order valence-electron chi connectivity index (χ4n) is 1.70. The van der Waals surface area contributed by atoms with Gasteiger partial charge in [-0.2, -0.15) is 0 Å². The fourth-order valence-corrected chi connectivity index (χ4v) is 1.70. The van der Waals surface area contributed by atoms with Gasteiger partial charge in [0.2, 0.25) is 5.91 Å². The lowest BCUT2D eigenvalue weighted by Gasteiger charge is -2.17. The number of amides is 2. The molecule has 21 heavy (non-hydrogen) atoms. The number of nitrogens with zero attached hydrogens (tertiary/aromatic N) is 1. The van der Waals surface area contributed by atoms with Gasteiger partial charge in [0.15, 0.2) is 0 Å². The highest BCUT2D eigenvalue weighted by Crippen LogP contribution is 2.12. The Morgan fingerprint density at radius 2 is 1.76 bits per heavy atom. The van der Waals surface area contributed by atoms with E-state index in [1.54, 1.807) is 52.0 Å². The lowest BCUT2D eigenvalue weighted by molar-refractivity contribution is -0.129. The third kappa shape index (κ3) is 5.77. The minimum atomic E-state index is -0.695. The number of nitrogens with one attached hydrogen (secondary N) is 1. The van der Waals surface area contributed by atoms with Crippen molar-refractivity contribution in [2.75, 3.05) is 0 Å². The molecule has 0 aliphatic rings. The molecule has 1 aromatic carbocycles. The Morgan fingerprint density at radius 3 is 2.24 bits per heavy atom. The maximum atomic E-state index is 12.1. The van der Waals surface area contributed by atoms with Crippen molar-refractivity contribution in [1.82, 2.24) is 5.32 Å². The van der Waals surface area contributed by atoms with Gasteiger partial charge in [-0.3, -0.25) is 9.59 Å². The predicted octanol–water partition coefficient (Wildman–Crippen LogP) is 2.08. The number of carbonyl (C=O) groups is 2. The first kappa shape index (κ1) is 16.9. The van der Waals surface area contributed by atoms with Crippen molar-refractivity contribution in [2.45, 2.75) is 40.2 Å². The van der Waals surface area contributed by atoms with Crippen molar-refractivity contribution in [3.8, 4) is 5.75 Å². The molecule has 5 nitrogen and oxygen atoms in total. The van der Waals surface area contributed by atoms with Gasteiger partial charge in [0.1, 0.15) is 11.8 Å².